The van der Waals surface area contributed by atoms with Gasteiger partial charge in [-0.15, -0.1) is 0 Å². The number of fused-ring (bicyclic) bond motifs is 1. The van der Waals surface area contributed by atoms with Gasteiger partial charge in [-0.3, -0.25) is 9.69 Å². The number of rotatable bonds is 6. The van der Waals surface area contributed by atoms with Gasteiger partial charge in [0.25, 0.3) is 0 Å². The summed E-state index contributed by atoms with van der Waals surface area (Å²) >= 11 is 0. The highest BCUT2D eigenvalue weighted by Gasteiger charge is 2.25. The molecular weight excluding hydrogens is 302 g/mol. The maximum absolute atomic E-state index is 12.5. The van der Waals surface area contributed by atoms with E-state index in [0.29, 0.717) is 13.2 Å². The molecule has 1 aliphatic rings. The van der Waals surface area contributed by atoms with Crippen LogP contribution in [-0.4, -0.2) is 35.1 Å². The molecule has 1 unspecified atom stereocenters. The van der Waals surface area contributed by atoms with Crippen molar-refractivity contribution >= 4 is 11.6 Å². The van der Waals surface area contributed by atoms with Gasteiger partial charge < -0.3 is 14.6 Å². The van der Waals surface area contributed by atoms with Crippen molar-refractivity contribution in [3.63, 3.8) is 0 Å². The minimum atomic E-state index is -0.00518. The fraction of sp³-hybridized carbons (Fsp3) is 0.421. The molecule has 24 heavy (non-hydrogen) atoms. The lowest BCUT2D eigenvalue weighted by Crippen LogP contribution is -2.41. The van der Waals surface area contributed by atoms with E-state index >= 15 is 0 Å². The van der Waals surface area contributed by atoms with Crippen LogP contribution in [0.2, 0.25) is 0 Å². The molecule has 1 N–H and O–H groups in total. The normalized spacial score (nSPS) is 17.3. The van der Waals surface area contributed by atoms with Crippen molar-refractivity contribution in [2.45, 2.75) is 32.9 Å². The number of ether oxygens (including phenoxy) is 1. The molecule has 0 saturated carbocycles. The van der Waals surface area contributed by atoms with Crippen LogP contribution < -0.4 is 10.1 Å². The van der Waals surface area contributed by atoms with Crippen LogP contribution in [0.25, 0.3) is 0 Å². The number of nitrogens with zero attached hydrogens (tertiary/aromatic N) is 2. The highest BCUT2D eigenvalue weighted by atomic mass is 16.5. The van der Waals surface area contributed by atoms with E-state index < -0.39 is 0 Å². The Morgan fingerprint density at radius 2 is 2.08 bits per heavy atom. The second-order valence-electron chi connectivity index (χ2n) is 6.17. The molecule has 1 aromatic heterocycles. The van der Waals surface area contributed by atoms with E-state index in [2.05, 4.69) is 47.0 Å². The first kappa shape index (κ1) is 16.6. The summed E-state index contributed by atoms with van der Waals surface area (Å²) in [6, 6.07) is 12.0. The zero-order chi connectivity index (χ0) is 16.9. The van der Waals surface area contributed by atoms with E-state index in [-0.39, 0.29) is 11.9 Å². The van der Waals surface area contributed by atoms with Crippen LogP contribution >= 0.6 is 0 Å². The first-order valence-electron chi connectivity index (χ1n) is 8.59. The van der Waals surface area contributed by atoms with Gasteiger partial charge in [0.05, 0.1) is 18.8 Å². The summed E-state index contributed by atoms with van der Waals surface area (Å²) in [7, 11) is 0. The Balaban J connectivity index is 1.62. The maximum atomic E-state index is 12.5. The second-order valence-corrected chi connectivity index (χ2v) is 6.17. The van der Waals surface area contributed by atoms with Crippen molar-refractivity contribution in [2.24, 2.45) is 0 Å². The van der Waals surface area contributed by atoms with Crippen LogP contribution in [0.3, 0.4) is 0 Å². The molecule has 2 aromatic rings. The number of amides is 1. The van der Waals surface area contributed by atoms with Gasteiger partial charge in [-0.05, 0) is 37.6 Å². The van der Waals surface area contributed by atoms with Gasteiger partial charge in [0.1, 0.15) is 5.75 Å². The third-order valence-electron chi connectivity index (χ3n) is 4.44. The van der Waals surface area contributed by atoms with Crippen LogP contribution in [0.4, 0.5) is 5.69 Å². The Labute approximate surface area is 143 Å². The minimum absolute atomic E-state index is 0.00518. The lowest BCUT2D eigenvalue weighted by molar-refractivity contribution is -0.118. The van der Waals surface area contributed by atoms with Crippen LogP contribution in [0.15, 0.2) is 42.6 Å². The Morgan fingerprint density at radius 1 is 1.25 bits per heavy atom. The van der Waals surface area contributed by atoms with Crippen molar-refractivity contribution in [3.8, 4) is 5.75 Å². The number of para-hydroxylation sites is 2. The molecule has 0 radical (unpaired) electrons. The van der Waals surface area contributed by atoms with Crippen molar-refractivity contribution in [1.82, 2.24) is 9.47 Å². The molecule has 0 spiro atoms. The fourth-order valence-electron chi connectivity index (χ4n) is 3.13. The molecular formula is C19H25N3O2. The molecule has 3 rings (SSSR count). The van der Waals surface area contributed by atoms with E-state index in [4.69, 9.17) is 4.74 Å². The van der Waals surface area contributed by atoms with Crippen LogP contribution in [0.5, 0.6) is 5.75 Å². The van der Waals surface area contributed by atoms with Crippen molar-refractivity contribution in [3.05, 3.63) is 48.3 Å². The first-order valence-corrected chi connectivity index (χ1v) is 8.59. The highest BCUT2D eigenvalue weighted by Crippen LogP contribution is 2.26. The zero-order valence-corrected chi connectivity index (χ0v) is 14.4. The van der Waals surface area contributed by atoms with E-state index in [0.717, 1.165) is 30.9 Å². The van der Waals surface area contributed by atoms with Crippen molar-refractivity contribution < 1.29 is 9.53 Å². The van der Waals surface area contributed by atoms with Gasteiger partial charge in [0, 0.05) is 31.0 Å². The largest absolute Gasteiger partial charge is 0.491 e. The Kier molecular flexibility index (Phi) is 5.20. The third-order valence-corrected chi connectivity index (χ3v) is 4.44. The molecule has 1 atom stereocenters. The van der Waals surface area contributed by atoms with Crippen LogP contribution in [0.1, 0.15) is 32.0 Å². The average molecular weight is 327 g/mol. The molecule has 128 valence electrons. The first-order chi connectivity index (χ1) is 11.7. The Hall–Kier alpha value is -2.27. The molecule has 1 amide bonds. The van der Waals surface area contributed by atoms with Gasteiger partial charge in [-0.1, -0.05) is 19.1 Å². The van der Waals surface area contributed by atoms with Gasteiger partial charge in [-0.25, -0.2) is 0 Å². The quantitative estimate of drug-likeness (QED) is 0.885. The van der Waals surface area contributed by atoms with Gasteiger partial charge in [0.2, 0.25) is 5.91 Å². The number of benzene rings is 1. The number of hydrogen-bond donors (Lipinski definition) is 1. The molecule has 2 heterocycles. The predicted molar refractivity (Wildman–Crippen MR) is 95.3 cm³/mol. The smallest absolute Gasteiger partial charge is 0.238 e. The third kappa shape index (κ3) is 3.62. The van der Waals surface area contributed by atoms with E-state index in [1.54, 1.807) is 0 Å². The number of hydrogen-bond acceptors (Lipinski definition) is 3. The number of carbonyl (C=O) groups excluding carboxylic acids is 1. The van der Waals surface area contributed by atoms with Gasteiger partial charge >= 0.3 is 0 Å². The molecule has 0 aliphatic carbocycles. The number of carbonyl (C=O) groups is 1. The average Bonchev–Trinajstić information content (AvgIpc) is 3.06. The second kappa shape index (κ2) is 7.53. The van der Waals surface area contributed by atoms with Crippen molar-refractivity contribution in [2.75, 3.05) is 25.0 Å². The molecule has 5 heteroatoms. The van der Waals surface area contributed by atoms with Gasteiger partial charge in [-0.2, -0.15) is 0 Å². The SMILES string of the molecule is CCCOc1ccccc1NC(=O)CN1CCn2cccc2C1C. The standard InChI is InChI=1S/C19H25N3O2/c1-3-13-24-18-9-5-4-7-16(18)20-19(23)14-22-12-11-21-10-6-8-17(21)15(22)2/h4-10,15H,3,11-14H2,1-2H3,(H,20,23). The lowest BCUT2D eigenvalue weighted by Gasteiger charge is -2.34. The molecule has 0 fully saturated rings. The summed E-state index contributed by atoms with van der Waals surface area (Å²) in [5.41, 5.74) is 2.00. The van der Waals surface area contributed by atoms with E-state index in [1.165, 1.54) is 5.69 Å². The molecule has 1 aliphatic heterocycles. The number of aromatic nitrogens is 1. The predicted octanol–water partition coefficient (Wildman–Crippen LogP) is 3.29. The highest BCUT2D eigenvalue weighted by molar-refractivity contribution is 5.93. The summed E-state index contributed by atoms with van der Waals surface area (Å²) in [5, 5.41) is 2.99. The van der Waals surface area contributed by atoms with Crippen molar-refractivity contribution in [1.29, 1.82) is 0 Å². The minimum Gasteiger partial charge on any atom is -0.491 e. The summed E-state index contributed by atoms with van der Waals surface area (Å²) in [4.78, 5) is 14.7. The summed E-state index contributed by atoms with van der Waals surface area (Å²) in [6.45, 7) is 7.05. The topological polar surface area (TPSA) is 46.5 Å². The fourth-order valence-corrected chi connectivity index (χ4v) is 3.13. The van der Waals surface area contributed by atoms with Gasteiger partial charge in [0.15, 0.2) is 0 Å². The summed E-state index contributed by atoms with van der Waals surface area (Å²) < 4.78 is 7.96. The zero-order valence-electron chi connectivity index (χ0n) is 14.4. The molecule has 5 nitrogen and oxygen atoms in total. The summed E-state index contributed by atoms with van der Waals surface area (Å²) in [5.74, 6) is 0.725. The molecule has 0 saturated heterocycles. The monoisotopic (exact) mass is 327 g/mol. The Bertz CT molecular complexity index is 695. The maximum Gasteiger partial charge on any atom is 0.238 e. The van der Waals surface area contributed by atoms with E-state index in [9.17, 15) is 4.79 Å². The molecule has 0 bridgehead atoms. The number of anilines is 1. The van der Waals surface area contributed by atoms with E-state index in [1.807, 2.05) is 24.3 Å². The van der Waals surface area contributed by atoms with Crippen LogP contribution in [0, 0.1) is 0 Å². The number of nitrogens with one attached hydrogen (secondary N) is 1. The molecule has 1 aromatic carbocycles. The lowest BCUT2D eigenvalue weighted by atomic mass is 10.1. The van der Waals surface area contributed by atoms with Crippen LogP contribution in [-0.2, 0) is 11.3 Å². The Morgan fingerprint density at radius 3 is 2.92 bits per heavy atom. The summed E-state index contributed by atoms with van der Waals surface area (Å²) in [6.07, 6.45) is 3.04.